The molecule has 0 aliphatic heterocycles. The first-order valence-electron chi connectivity index (χ1n) is 7.28. The predicted molar refractivity (Wildman–Crippen MR) is 83.8 cm³/mol. The molecule has 8 heteroatoms. The van der Waals surface area contributed by atoms with Gasteiger partial charge in [-0.15, -0.1) is 0 Å². The van der Waals surface area contributed by atoms with Crippen LogP contribution in [0.3, 0.4) is 0 Å². The molecule has 6 nitrogen and oxygen atoms in total. The maximum absolute atomic E-state index is 13.6. The number of nitrogens with zero attached hydrogens (tertiary/aromatic N) is 2. The second kappa shape index (κ2) is 5.81. The van der Waals surface area contributed by atoms with Gasteiger partial charge in [0.1, 0.15) is 12.0 Å². The predicted octanol–water partition coefficient (Wildman–Crippen LogP) is 3.05. The molecule has 23 heavy (non-hydrogen) atoms. The zero-order valence-electron chi connectivity index (χ0n) is 12.3. The molecule has 0 unspecified atom stereocenters. The number of fused-ring (bicyclic) bond motifs is 1. The number of rotatable bonds is 4. The Labute approximate surface area is 135 Å². The van der Waals surface area contributed by atoms with Gasteiger partial charge >= 0.3 is 6.09 Å². The topological polar surface area (TPSA) is 84.2 Å². The molecule has 3 atom stereocenters. The first-order valence-corrected chi connectivity index (χ1v) is 7.66. The largest absolute Gasteiger partial charge is 0.465 e. The second-order valence-corrected chi connectivity index (χ2v) is 5.92. The molecule has 1 amide bonds. The molecule has 0 radical (unpaired) electrons. The van der Waals surface area contributed by atoms with E-state index in [2.05, 4.69) is 10.3 Å². The van der Waals surface area contributed by atoms with Crippen LogP contribution in [-0.4, -0.2) is 26.9 Å². The van der Waals surface area contributed by atoms with Crippen molar-refractivity contribution in [2.24, 2.45) is 0 Å². The van der Waals surface area contributed by atoms with Gasteiger partial charge < -0.3 is 10.4 Å². The Hall–Kier alpha value is -2.15. The number of halogens is 2. The number of carboxylic acid groups (broad SMARTS) is 1. The summed E-state index contributed by atoms with van der Waals surface area (Å²) >= 11 is 6.09. The Bertz CT molecular complexity index is 839. The molecule has 1 aliphatic rings. The minimum Gasteiger partial charge on any atom is -0.465 e. The van der Waals surface area contributed by atoms with Crippen molar-refractivity contribution >= 4 is 28.6 Å². The van der Waals surface area contributed by atoms with E-state index in [1.54, 1.807) is 25.1 Å². The summed E-state index contributed by atoms with van der Waals surface area (Å²) in [5.74, 6) is 0.222. The Morgan fingerprint density at radius 1 is 1.61 bits per heavy atom. The number of amides is 1. The Balaban J connectivity index is 2.27. The normalized spacial score (nSPS) is 21.2. The minimum atomic E-state index is -1.23. The van der Waals surface area contributed by atoms with Crippen molar-refractivity contribution in [3.05, 3.63) is 39.4 Å². The molecule has 0 saturated heterocycles. The van der Waals surface area contributed by atoms with Crippen molar-refractivity contribution < 1.29 is 14.3 Å². The van der Waals surface area contributed by atoms with Crippen LogP contribution in [0.4, 0.5) is 9.18 Å². The fourth-order valence-electron chi connectivity index (χ4n) is 2.70. The summed E-state index contributed by atoms with van der Waals surface area (Å²) in [7, 11) is 0. The van der Waals surface area contributed by atoms with E-state index in [0.717, 1.165) is 0 Å². The van der Waals surface area contributed by atoms with E-state index in [1.807, 2.05) is 0 Å². The first-order chi connectivity index (χ1) is 10.9. The molecule has 1 aromatic carbocycles. The van der Waals surface area contributed by atoms with Crippen molar-refractivity contribution in [2.75, 3.05) is 0 Å². The van der Waals surface area contributed by atoms with Crippen molar-refractivity contribution in [1.82, 2.24) is 14.9 Å². The van der Waals surface area contributed by atoms with Crippen LogP contribution in [0.25, 0.3) is 10.9 Å². The van der Waals surface area contributed by atoms with Crippen LogP contribution in [0.2, 0.25) is 5.02 Å². The molecular formula is C15H15ClFN3O3. The summed E-state index contributed by atoms with van der Waals surface area (Å²) in [6.45, 7) is 1.76. The van der Waals surface area contributed by atoms with Gasteiger partial charge in [0.2, 0.25) is 0 Å². The third-order valence-corrected chi connectivity index (χ3v) is 4.25. The van der Waals surface area contributed by atoms with Gasteiger partial charge in [-0.25, -0.2) is 14.2 Å². The van der Waals surface area contributed by atoms with Crippen molar-refractivity contribution in [2.45, 2.75) is 38.0 Å². The SMILES string of the molecule is CC[C@H](NC(=O)O)c1nc2cccc(Cl)c2c(=O)n1[C@@H]1C[C@@H]1F. The summed E-state index contributed by atoms with van der Waals surface area (Å²) in [5, 5.41) is 11.8. The average Bonchev–Trinajstić information content (AvgIpc) is 3.20. The second-order valence-electron chi connectivity index (χ2n) is 5.51. The number of hydrogen-bond donors (Lipinski definition) is 2. The van der Waals surface area contributed by atoms with E-state index < -0.39 is 29.9 Å². The van der Waals surface area contributed by atoms with Crippen LogP contribution >= 0.6 is 11.6 Å². The average molecular weight is 340 g/mol. The van der Waals surface area contributed by atoms with Crippen molar-refractivity contribution in [3.63, 3.8) is 0 Å². The summed E-state index contributed by atoms with van der Waals surface area (Å²) in [4.78, 5) is 28.2. The highest BCUT2D eigenvalue weighted by Gasteiger charge is 2.42. The summed E-state index contributed by atoms with van der Waals surface area (Å²) in [6.07, 6.45) is -1.75. The molecule has 122 valence electrons. The van der Waals surface area contributed by atoms with Crippen LogP contribution in [-0.2, 0) is 0 Å². The maximum Gasteiger partial charge on any atom is 0.405 e. The molecular weight excluding hydrogens is 325 g/mol. The Morgan fingerprint density at radius 3 is 2.87 bits per heavy atom. The number of benzene rings is 1. The lowest BCUT2D eigenvalue weighted by Gasteiger charge is -2.20. The van der Waals surface area contributed by atoms with Crippen molar-refractivity contribution in [3.8, 4) is 0 Å². The standard InChI is InChI=1S/C15H15ClFN3O3/c1-2-9(19-15(22)23)13-18-10-5-3-4-7(16)12(10)14(21)20(13)11-6-8(11)17/h3-5,8-9,11,19H,2,6H2,1H3,(H,22,23)/t8-,9-,11+/m0/s1. The van der Waals surface area contributed by atoms with E-state index in [-0.39, 0.29) is 22.7 Å². The molecule has 3 rings (SSSR count). The highest BCUT2D eigenvalue weighted by Crippen LogP contribution is 2.40. The van der Waals surface area contributed by atoms with E-state index in [9.17, 15) is 14.0 Å². The zero-order chi connectivity index (χ0) is 16.7. The van der Waals surface area contributed by atoms with Gasteiger partial charge in [0, 0.05) is 6.42 Å². The molecule has 0 bridgehead atoms. The van der Waals surface area contributed by atoms with Crippen molar-refractivity contribution in [1.29, 1.82) is 0 Å². The van der Waals surface area contributed by atoms with Crippen LogP contribution in [0.1, 0.15) is 37.7 Å². The molecule has 2 N–H and O–H groups in total. The minimum absolute atomic E-state index is 0.216. The molecule has 1 heterocycles. The van der Waals surface area contributed by atoms with E-state index in [0.29, 0.717) is 11.9 Å². The highest BCUT2D eigenvalue weighted by atomic mass is 35.5. The molecule has 0 spiro atoms. The number of alkyl halides is 1. The van der Waals surface area contributed by atoms with Gasteiger partial charge in [0.05, 0.1) is 28.0 Å². The van der Waals surface area contributed by atoms with Crippen LogP contribution in [0.15, 0.2) is 23.0 Å². The fraction of sp³-hybridized carbons (Fsp3) is 0.400. The summed E-state index contributed by atoms with van der Waals surface area (Å²) in [6, 6.07) is 3.55. The Kier molecular flexibility index (Phi) is 3.97. The summed E-state index contributed by atoms with van der Waals surface area (Å²) < 4.78 is 14.8. The molecule has 1 fully saturated rings. The van der Waals surface area contributed by atoms with Gasteiger partial charge in [-0.2, -0.15) is 0 Å². The zero-order valence-corrected chi connectivity index (χ0v) is 13.0. The fourth-order valence-corrected chi connectivity index (χ4v) is 2.95. The lowest BCUT2D eigenvalue weighted by Crippen LogP contribution is -2.34. The number of hydrogen-bond acceptors (Lipinski definition) is 3. The molecule has 2 aromatic rings. The number of carbonyl (C=O) groups is 1. The van der Waals surface area contributed by atoms with E-state index in [4.69, 9.17) is 16.7 Å². The van der Waals surface area contributed by atoms with Gasteiger partial charge in [-0.05, 0) is 18.6 Å². The quantitative estimate of drug-likeness (QED) is 0.896. The summed E-state index contributed by atoms with van der Waals surface area (Å²) in [5.41, 5.74) is -0.0677. The Morgan fingerprint density at radius 2 is 2.30 bits per heavy atom. The van der Waals surface area contributed by atoms with Crippen LogP contribution in [0.5, 0.6) is 0 Å². The smallest absolute Gasteiger partial charge is 0.405 e. The van der Waals surface area contributed by atoms with Gasteiger partial charge in [-0.3, -0.25) is 9.36 Å². The van der Waals surface area contributed by atoms with Gasteiger partial charge in [0.15, 0.2) is 0 Å². The maximum atomic E-state index is 13.6. The monoisotopic (exact) mass is 339 g/mol. The molecule has 1 aromatic heterocycles. The number of aromatic nitrogens is 2. The number of nitrogens with one attached hydrogen (secondary N) is 1. The lowest BCUT2D eigenvalue weighted by molar-refractivity contribution is 0.188. The van der Waals surface area contributed by atoms with Crippen LogP contribution in [0, 0.1) is 0 Å². The third-order valence-electron chi connectivity index (χ3n) is 3.94. The molecule has 1 aliphatic carbocycles. The van der Waals surface area contributed by atoms with Crippen LogP contribution < -0.4 is 10.9 Å². The lowest BCUT2D eigenvalue weighted by atomic mass is 10.1. The third kappa shape index (κ3) is 2.76. The first kappa shape index (κ1) is 15.7. The van der Waals surface area contributed by atoms with E-state index >= 15 is 0 Å². The van der Waals surface area contributed by atoms with E-state index in [1.165, 1.54) is 4.57 Å². The molecule has 1 saturated carbocycles. The van der Waals surface area contributed by atoms with Gasteiger partial charge in [0.25, 0.3) is 5.56 Å². The van der Waals surface area contributed by atoms with Gasteiger partial charge in [-0.1, -0.05) is 24.6 Å². The highest BCUT2D eigenvalue weighted by molar-refractivity contribution is 6.35.